The number of fused-ring (bicyclic) bond motifs is 1. The summed E-state index contributed by atoms with van der Waals surface area (Å²) in [5.74, 6) is -4.21. The number of ether oxygens (including phenoxy) is 3. The van der Waals surface area contributed by atoms with Gasteiger partial charge in [-0.25, -0.2) is 14.4 Å². The van der Waals surface area contributed by atoms with E-state index in [0.29, 0.717) is 0 Å². The highest BCUT2D eigenvalue weighted by Gasteiger charge is 2.58. The number of aliphatic hydroxyl groups excluding tert-OH is 2. The van der Waals surface area contributed by atoms with E-state index in [0.717, 1.165) is 7.11 Å². The molecule has 0 aromatic heterocycles. The summed E-state index contributed by atoms with van der Waals surface area (Å²) in [5.41, 5.74) is -1.23. The fourth-order valence-corrected chi connectivity index (χ4v) is 3.88. The second-order valence-electron chi connectivity index (χ2n) is 6.96. The monoisotopic (exact) mass is 392 g/mol. The number of aliphatic hydroxyl groups is 2. The molecule has 2 rings (SSSR count). The number of esters is 3. The highest BCUT2D eigenvalue weighted by molar-refractivity contribution is 5.91. The molecule has 1 saturated heterocycles. The van der Waals surface area contributed by atoms with Crippen LogP contribution in [-0.2, 0) is 28.6 Å². The quantitative estimate of drug-likeness (QED) is 0.290. The summed E-state index contributed by atoms with van der Waals surface area (Å²) in [7, 11) is 1.16. The Labute approximate surface area is 162 Å². The number of rotatable bonds is 6. The molecule has 2 aliphatic rings. The molecule has 0 radical (unpaired) electrons. The number of cyclic esters (lactones) is 1. The number of methoxy groups -OCH3 is 1. The van der Waals surface area contributed by atoms with E-state index in [1.807, 2.05) is 0 Å². The fraction of sp³-hybridized carbons (Fsp3) is 0.450. The third-order valence-corrected chi connectivity index (χ3v) is 5.41. The number of carbonyl (C=O) groups is 3. The zero-order chi connectivity index (χ0) is 21.2. The summed E-state index contributed by atoms with van der Waals surface area (Å²) in [5, 5.41) is 20.2. The molecule has 0 aromatic rings. The van der Waals surface area contributed by atoms with Crippen molar-refractivity contribution in [3.63, 3.8) is 0 Å². The van der Waals surface area contributed by atoms with Crippen LogP contribution in [0, 0.1) is 17.3 Å². The molecule has 0 unspecified atom stereocenters. The molecular weight excluding hydrogens is 368 g/mol. The maximum Gasteiger partial charge on any atom is 0.336 e. The predicted molar refractivity (Wildman–Crippen MR) is 97.6 cm³/mol. The van der Waals surface area contributed by atoms with Gasteiger partial charge in [0.15, 0.2) is 0 Å². The molecule has 0 spiro atoms. The van der Waals surface area contributed by atoms with Crippen molar-refractivity contribution in [2.24, 2.45) is 17.3 Å². The van der Waals surface area contributed by atoms with Crippen LogP contribution in [0.3, 0.4) is 0 Å². The molecule has 1 aliphatic carbocycles. The van der Waals surface area contributed by atoms with Gasteiger partial charge in [0.2, 0.25) is 0 Å². The van der Waals surface area contributed by atoms with E-state index >= 15 is 0 Å². The van der Waals surface area contributed by atoms with E-state index in [4.69, 9.17) is 14.6 Å². The first kappa shape index (κ1) is 21.6. The van der Waals surface area contributed by atoms with Gasteiger partial charge >= 0.3 is 17.9 Å². The van der Waals surface area contributed by atoms with E-state index in [2.05, 4.69) is 31.1 Å². The first-order valence-electron chi connectivity index (χ1n) is 8.57. The molecule has 2 N–H and O–H groups in total. The smallest absolute Gasteiger partial charge is 0.336 e. The molecule has 0 amide bonds. The Hall–Kier alpha value is -2.71. The van der Waals surface area contributed by atoms with Crippen LogP contribution in [0.1, 0.15) is 6.42 Å². The van der Waals surface area contributed by atoms with Crippen molar-refractivity contribution in [2.45, 2.75) is 18.6 Å². The minimum Gasteiger partial charge on any atom is -0.466 e. The van der Waals surface area contributed by atoms with Crippen LogP contribution in [0.4, 0.5) is 0 Å². The van der Waals surface area contributed by atoms with E-state index in [-0.39, 0.29) is 29.7 Å². The van der Waals surface area contributed by atoms with Gasteiger partial charge in [0.1, 0.15) is 12.7 Å². The summed E-state index contributed by atoms with van der Waals surface area (Å²) in [6.45, 7) is 13.9. The Bertz CT molecular complexity index is 751. The van der Waals surface area contributed by atoms with Crippen molar-refractivity contribution in [3.8, 4) is 0 Å². The Kier molecular flexibility index (Phi) is 6.26. The molecule has 1 aliphatic heterocycles. The van der Waals surface area contributed by atoms with Gasteiger partial charge in [-0.3, -0.25) is 0 Å². The molecule has 28 heavy (non-hydrogen) atoms. The molecule has 152 valence electrons. The summed E-state index contributed by atoms with van der Waals surface area (Å²) < 4.78 is 15.3. The highest BCUT2D eigenvalue weighted by Crippen LogP contribution is 2.52. The molecule has 0 aromatic carbocycles. The van der Waals surface area contributed by atoms with Gasteiger partial charge in [0.25, 0.3) is 0 Å². The lowest BCUT2D eigenvalue weighted by Crippen LogP contribution is -2.59. The van der Waals surface area contributed by atoms with E-state index < -0.39 is 54.0 Å². The zero-order valence-electron chi connectivity index (χ0n) is 15.7. The fourth-order valence-electron chi connectivity index (χ4n) is 3.88. The molecule has 5 atom stereocenters. The van der Waals surface area contributed by atoms with Crippen molar-refractivity contribution in [1.29, 1.82) is 0 Å². The lowest BCUT2D eigenvalue weighted by atomic mass is 9.57. The van der Waals surface area contributed by atoms with Gasteiger partial charge in [-0.15, -0.1) is 6.58 Å². The summed E-state index contributed by atoms with van der Waals surface area (Å²) in [6.07, 6.45) is -0.775. The van der Waals surface area contributed by atoms with Crippen LogP contribution in [0.25, 0.3) is 0 Å². The Morgan fingerprint density at radius 2 is 2.00 bits per heavy atom. The third-order valence-electron chi connectivity index (χ3n) is 5.41. The molecule has 8 nitrogen and oxygen atoms in total. The lowest BCUT2D eigenvalue weighted by molar-refractivity contribution is -0.177. The van der Waals surface area contributed by atoms with Crippen molar-refractivity contribution in [2.75, 3.05) is 20.3 Å². The molecule has 1 heterocycles. The number of hydrogen-bond donors (Lipinski definition) is 2. The van der Waals surface area contributed by atoms with Gasteiger partial charge in [-0.05, 0) is 6.42 Å². The zero-order valence-corrected chi connectivity index (χ0v) is 15.7. The van der Waals surface area contributed by atoms with Crippen molar-refractivity contribution in [1.82, 2.24) is 0 Å². The van der Waals surface area contributed by atoms with E-state index in [1.165, 1.54) is 6.08 Å². The van der Waals surface area contributed by atoms with Crippen LogP contribution >= 0.6 is 0 Å². The van der Waals surface area contributed by atoms with Crippen LogP contribution in [-0.4, -0.2) is 60.7 Å². The maximum absolute atomic E-state index is 12.2. The van der Waals surface area contributed by atoms with Gasteiger partial charge < -0.3 is 24.4 Å². The number of hydrogen-bond acceptors (Lipinski definition) is 8. The molecule has 8 heteroatoms. The van der Waals surface area contributed by atoms with Crippen LogP contribution in [0.2, 0.25) is 0 Å². The highest BCUT2D eigenvalue weighted by atomic mass is 16.6. The first-order chi connectivity index (χ1) is 13.1. The topological polar surface area (TPSA) is 119 Å². The van der Waals surface area contributed by atoms with Crippen molar-refractivity contribution >= 4 is 17.9 Å². The normalized spacial score (nSPS) is 31.8. The molecule has 0 bridgehead atoms. The minimum atomic E-state index is -1.35. The van der Waals surface area contributed by atoms with E-state index in [1.54, 1.807) is 0 Å². The minimum absolute atomic E-state index is 0.0332. The lowest BCUT2D eigenvalue weighted by Gasteiger charge is -2.52. The molecule has 2 fully saturated rings. The summed E-state index contributed by atoms with van der Waals surface area (Å²) in [6, 6.07) is 0. The van der Waals surface area contributed by atoms with Gasteiger partial charge in [0.05, 0.1) is 31.3 Å². The first-order valence-corrected chi connectivity index (χ1v) is 8.57. The summed E-state index contributed by atoms with van der Waals surface area (Å²) in [4.78, 5) is 36.3. The van der Waals surface area contributed by atoms with E-state index in [9.17, 15) is 19.5 Å². The Balaban J connectivity index is 2.50. The largest absolute Gasteiger partial charge is 0.466 e. The maximum atomic E-state index is 12.2. The van der Waals surface area contributed by atoms with Crippen LogP contribution in [0.5, 0.6) is 0 Å². The van der Waals surface area contributed by atoms with Crippen molar-refractivity contribution in [3.05, 3.63) is 49.1 Å². The number of carbonyl (C=O) groups excluding carboxylic acids is 3. The molecular formula is C20H24O8. The van der Waals surface area contributed by atoms with Crippen LogP contribution in [0.15, 0.2) is 49.1 Å². The average Bonchev–Trinajstić information content (AvgIpc) is 2.68. The third kappa shape index (κ3) is 3.53. The standard InChI is InChI=1S/C20H24O8/c1-6-20-7-13(28-17(23)10(2)8-21)14(11(3)18(24)26-5)16(22)15(20)12(4)19(25)27-9-20/h6,13-16,21-22H,1-4,7-9H2,5H3/t13-,14+,15+,16-,20+/m0/s1. The van der Waals surface area contributed by atoms with Gasteiger partial charge in [-0.2, -0.15) is 0 Å². The Morgan fingerprint density at radius 1 is 1.36 bits per heavy atom. The Morgan fingerprint density at radius 3 is 2.54 bits per heavy atom. The predicted octanol–water partition coefficient (Wildman–Crippen LogP) is 0.458. The van der Waals surface area contributed by atoms with Gasteiger partial charge in [0, 0.05) is 22.5 Å². The van der Waals surface area contributed by atoms with Crippen molar-refractivity contribution < 1.29 is 38.8 Å². The van der Waals surface area contributed by atoms with Crippen LogP contribution < -0.4 is 0 Å². The molecule has 1 saturated carbocycles. The summed E-state index contributed by atoms with van der Waals surface area (Å²) >= 11 is 0. The average molecular weight is 392 g/mol. The SMILES string of the molecule is C=C[C@@]12COC(=O)C(=C)[C@@H]1[C@@H](O)[C@H](C(=C)C(=O)OC)[C@@H](OC(=O)C(=C)CO)C2. The second-order valence-corrected chi connectivity index (χ2v) is 6.96. The van der Waals surface area contributed by atoms with Gasteiger partial charge in [-0.1, -0.05) is 25.8 Å². The second kappa shape index (κ2) is 8.12.